The summed E-state index contributed by atoms with van der Waals surface area (Å²) in [6.07, 6.45) is 1.16. The molecule has 29 heavy (non-hydrogen) atoms. The van der Waals surface area contributed by atoms with Gasteiger partial charge in [0.2, 0.25) is 0 Å². The van der Waals surface area contributed by atoms with Crippen molar-refractivity contribution in [2.75, 3.05) is 24.9 Å². The Balaban J connectivity index is 2.25. The number of hydrogen-bond donors (Lipinski definition) is 2. The Morgan fingerprint density at radius 2 is 1.86 bits per heavy atom. The molecule has 1 amide bonds. The minimum atomic E-state index is -0.781. The minimum absolute atomic E-state index is 0.0745. The van der Waals surface area contributed by atoms with Crippen molar-refractivity contribution in [3.8, 4) is 17.6 Å². The number of ether oxygens (including phenoxy) is 2. The van der Waals surface area contributed by atoms with Gasteiger partial charge in [-0.2, -0.15) is 5.26 Å². The van der Waals surface area contributed by atoms with E-state index in [0.717, 1.165) is 12.3 Å². The molecule has 0 aliphatic carbocycles. The lowest BCUT2D eigenvalue weighted by Gasteiger charge is -2.12. The number of benzene rings is 2. The Kier molecular flexibility index (Phi) is 7.25. The highest BCUT2D eigenvalue weighted by atomic mass is 35.5. The fraction of sp³-hybridized carbons (Fsp3) is 0.111. The van der Waals surface area contributed by atoms with Crippen molar-refractivity contribution in [2.45, 2.75) is 0 Å². The van der Waals surface area contributed by atoms with Gasteiger partial charge in [0.25, 0.3) is 11.6 Å². The van der Waals surface area contributed by atoms with Gasteiger partial charge in [0.05, 0.1) is 29.9 Å². The van der Waals surface area contributed by atoms with Crippen molar-refractivity contribution in [3.63, 3.8) is 0 Å². The summed E-state index contributed by atoms with van der Waals surface area (Å²) in [5.41, 5.74) is -0.156. The van der Waals surface area contributed by atoms with E-state index in [0.29, 0.717) is 22.2 Å². The Labute approximate surface area is 175 Å². The molecule has 0 aliphatic rings. The van der Waals surface area contributed by atoms with Crippen LogP contribution in [0.2, 0.25) is 10.0 Å². The standard InChI is InChI=1S/C18H14Cl2N4O5/c1-28-16-7-14(17(29-2)6-13(16)20)22-9-10(8-21)18(25)23-11-3-4-12(19)15(5-11)24(26)27/h3-7,9,22H,1-2H3,(H,23,25)/b10-9-. The first kappa shape index (κ1) is 21.8. The number of methoxy groups -OCH3 is 2. The van der Waals surface area contributed by atoms with Crippen molar-refractivity contribution in [1.82, 2.24) is 0 Å². The van der Waals surface area contributed by atoms with Crippen molar-refractivity contribution in [3.05, 3.63) is 62.3 Å². The number of hydrogen-bond acceptors (Lipinski definition) is 7. The number of rotatable bonds is 7. The lowest BCUT2D eigenvalue weighted by molar-refractivity contribution is -0.384. The highest BCUT2D eigenvalue weighted by Gasteiger charge is 2.16. The first-order chi connectivity index (χ1) is 13.8. The number of nitrogens with one attached hydrogen (secondary N) is 2. The highest BCUT2D eigenvalue weighted by Crippen LogP contribution is 2.36. The molecule has 11 heteroatoms. The lowest BCUT2D eigenvalue weighted by atomic mass is 10.2. The maximum absolute atomic E-state index is 12.3. The van der Waals surface area contributed by atoms with Crippen molar-refractivity contribution in [1.29, 1.82) is 5.26 Å². The maximum Gasteiger partial charge on any atom is 0.289 e. The smallest absolute Gasteiger partial charge is 0.289 e. The van der Waals surface area contributed by atoms with Crippen molar-refractivity contribution >= 4 is 46.2 Å². The molecule has 0 bridgehead atoms. The van der Waals surface area contributed by atoms with E-state index in [1.165, 1.54) is 38.5 Å². The molecule has 9 nitrogen and oxygen atoms in total. The summed E-state index contributed by atoms with van der Waals surface area (Å²) in [5.74, 6) is -0.0608. The Morgan fingerprint density at radius 3 is 2.45 bits per heavy atom. The average Bonchev–Trinajstić information content (AvgIpc) is 2.70. The van der Waals surface area contributed by atoms with Crippen LogP contribution in [0.3, 0.4) is 0 Å². The number of carbonyl (C=O) groups excluding carboxylic acids is 1. The normalized spacial score (nSPS) is 10.7. The highest BCUT2D eigenvalue weighted by molar-refractivity contribution is 6.33. The first-order valence-electron chi connectivity index (χ1n) is 7.84. The van der Waals surface area contributed by atoms with E-state index in [-0.39, 0.29) is 22.0 Å². The second kappa shape index (κ2) is 9.64. The van der Waals surface area contributed by atoms with Gasteiger partial charge in [-0.1, -0.05) is 23.2 Å². The Hall–Kier alpha value is -3.48. The molecular formula is C18H14Cl2N4O5. The summed E-state index contributed by atoms with van der Waals surface area (Å²) in [4.78, 5) is 22.6. The van der Waals surface area contributed by atoms with Gasteiger partial charge in [-0.15, -0.1) is 0 Å². The molecule has 0 atom stereocenters. The number of halogens is 2. The van der Waals surface area contributed by atoms with Gasteiger partial charge in [0.15, 0.2) is 0 Å². The predicted octanol–water partition coefficient (Wildman–Crippen LogP) is 4.38. The molecule has 0 saturated heterocycles. The quantitative estimate of drug-likeness (QED) is 0.285. The maximum atomic E-state index is 12.3. The van der Waals surface area contributed by atoms with Crippen molar-refractivity contribution < 1.29 is 19.2 Å². The molecule has 2 N–H and O–H groups in total. The fourth-order valence-electron chi connectivity index (χ4n) is 2.20. The monoisotopic (exact) mass is 436 g/mol. The number of nitro benzene ring substituents is 1. The third-order valence-corrected chi connectivity index (χ3v) is 4.23. The number of nitriles is 1. The summed E-state index contributed by atoms with van der Waals surface area (Å²) >= 11 is 11.8. The van der Waals surface area contributed by atoms with E-state index in [4.69, 9.17) is 32.7 Å². The summed E-state index contributed by atoms with van der Waals surface area (Å²) in [6.45, 7) is 0. The van der Waals surface area contributed by atoms with Gasteiger partial charge in [-0.25, -0.2) is 0 Å². The molecule has 0 fully saturated rings. The largest absolute Gasteiger partial charge is 0.495 e. The molecule has 0 spiro atoms. The number of amides is 1. The second-order valence-corrected chi connectivity index (χ2v) is 6.19. The van der Waals surface area contributed by atoms with Gasteiger partial charge >= 0.3 is 0 Å². The van der Waals surface area contributed by atoms with Crippen LogP contribution in [0.1, 0.15) is 0 Å². The van der Waals surface area contributed by atoms with E-state index >= 15 is 0 Å². The predicted molar refractivity (Wildman–Crippen MR) is 109 cm³/mol. The van der Waals surface area contributed by atoms with Gasteiger partial charge < -0.3 is 20.1 Å². The van der Waals surface area contributed by atoms with Gasteiger partial charge in [-0.05, 0) is 12.1 Å². The van der Waals surface area contributed by atoms with Crippen LogP contribution in [-0.4, -0.2) is 25.1 Å². The molecule has 0 aliphatic heterocycles. The fourth-order valence-corrected chi connectivity index (χ4v) is 2.62. The van der Waals surface area contributed by atoms with E-state index in [1.54, 1.807) is 6.07 Å². The van der Waals surface area contributed by atoms with Crippen LogP contribution in [0.15, 0.2) is 42.1 Å². The molecule has 2 aromatic rings. The molecule has 2 aromatic carbocycles. The summed E-state index contributed by atoms with van der Waals surface area (Å²) < 4.78 is 10.3. The van der Waals surface area contributed by atoms with Crippen molar-refractivity contribution in [2.24, 2.45) is 0 Å². The van der Waals surface area contributed by atoms with Crippen LogP contribution < -0.4 is 20.1 Å². The minimum Gasteiger partial charge on any atom is -0.495 e. The van der Waals surface area contributed by atoms with Crippen LogP contribution in [0.25, 0.3) is 0 Å². The molecule has 0 radical (unpaired) electrons. The Bertz CT molecular complexity index is 1030. The number of carbonyl (C=O) groups is 1. The van der Waals surface area contributed by atoms with E-state index < -0.39 is 10.8 Å². The van der Waals surface area contributed by atoms with E-state index in [2.05, 4.69) is 10.6 Å². The average molecular weight is 437 g/mol. The molecule has 2 rings (SSSR count). The van der Waals surface area contributed by atoms with Gasteiger partial charge in [-0.3, -0.25) is 14.9 Å². The number of anilines is 2. The first-order valence-corrected chi connectivity index (χ1v) is 8.60. The second-order valence-electron chi connectivity index (χ2n) is 5.38. The SMILES string of the molecule is COc1cc(N/C=C(/C#N)C(=O)Nc2ccc(Cl)c([N+](=O)[O-])c2)c(OC)cc1Cl. The summed E-state index contributed by atoms with van der Waals surface area (Å²) in [7, 11) is 2.87. The molecule has 150 valence electrons. The van der Waals surface area contributed by atoms with E-state index in [9.17, 15) is 20.2 Å². The molecule has 0 aromatic heterocycles. The van der Waals surface area contributed by atoms with Crippen LogP contribution >= 0.6 is 23.2 Å². The summed E-state index contributed by atoms with van der Waals surface area (Å²) in [5, 5.41) is 25.7. The zero-order chi connectivity index (χ0) is 21.6. The zero-order valence-corrected chi connectivity index (χ0v) is 16.7. The van der Waals surface area contributed by atoms with Crippen LogP contribution in [0.5, 0.6) is 11.5 Å². The molecular weight excluding hydrogens is 423 g/mol. The van der Waals surface area contributed by atoms with Gasteiger partial charge in [0.1, 0.15) is 28.2 Å². The van der Waals surface area contributed by atoms with Crippen LogP contribution in [-0.2, 0) is 4.79 Å². The molecule has 0 unspecified atom stereocenters. The third-order valence-electron chi connectivity index (χ3n) is 3.61. The van der Waals surface area contributed by atoms with Crippen LogP contribution in [0.4, 0.5) is 17.1 Å². The third kappa shape index (κ3) is 5.28. The molecule has 0 heterocycles. The van der Waals surface area contributed by atoms with Crippen LogP contribution in [0, 0.1) is 21.4 Å². The lowest BCUT2D eigenvalue weighted by Crippen LogP contribution is -2.14. The Morgan fingerprint density at radius 1 is 1.17 bits per heavy atom. The summed E-state index contributed by atoms with van der Waals surface area (Å²) in [6, 6.07) is 8.53. The van der Waals surface area contributed by atoms with E-state index in [1.807, 2.05) is 0 Å². The zero-order valence-electron chi connectivity index (χ0n) is 15.2. The number of nitro groups is 1. The topological polar surface area (TPSA) is 127 Å². The molecule has 0 saturated carbocycles. The van der Waals surface area contributed by atoms with Gasteiger partial charge in [0, 0.05) is 30.1 Å². The number of nitrogens with zero attached hydrogens (tertiary/aromatic N) is 2.